The maximum absolute atomic E-state index is 13.4. The van der Waals surface area contributed by atoms with Crippen molar-refractivity contribution in [1.29, 1.82) is 0 Å². The number of carbonyl (C=O) groups is 1. The number of aryl methyl sites for hydroxylation is 2. The summed E-state index contributed by atoms with van der Waals surface area (Å²) in [6.45, 7) is 5.01. The SMILES string of the molecule is COc1ccc2cc1[C@@H](C)N1Cc3cc(ccc3OS1(=O)=O)OCCCCCn1nnc3c(C)c(ccc31)[C@H]2CC(=O)O. The summed E-state index contributed by atoms with van der Waals surface area (Å²) in [7, 11) is -2.62. The predicted molar refractivity (Wildman–Crippen MR) is 159 cm³/mol. The van der Waals surface area contributed by atoms with E-state index in [0.29, 0.717) is 35.8 Å². The lowest BCUT2D eigenvalue weighted by molar-refractivity contribution is -0.137. The lowest BCUT2D eigenvalue weighted by Gasteiger charge is -2.33. The van der Waals surface area contributed by atoms with Gasteiger partial charge < -0.3 is 18.8 Å². The van der Waals surface area contributed by atoms with Gasteiger partial charge in [-0.05, 0) is 86.2 Å². The van der Waals surface area contributed by atoms with Gasteiger partial charge in [0.25, 0.3) is 0 Å². The number of aliphatic carboxylic acids is 1. The molecule has 3 atom stereocenters. The molecule has 12 heteroatoms. The monoisotopic (exact) mass is 606 g/mol. The summed E-state index contributed by atoms with van der Waals surface area (Å²) in [5, 5.41) is 18.8. The van der Waals surface area contributed by atoms with Gasteiger partial charge in [-0.1, -0.05) is 17.3 Å². The van der Waals surface area contributed by atoms with Crippen LogP contribution in [-0.2, 0) is 28.2 Å². The zero-order chi connectivity index (χ0) is 30.3. The Morgan fingerprint density at radius 3 is 2.72 bits per heavy atom. The quantitative estimate of drug-likeness (QED) is 0.337. The van der Waals surface area contributed by atoms with Crippen LogP contribution in [-0.4, -0.2) is 52.5 Å². The van der Waals surface area contributed by atoms with Gasteiger partial charge in [-0.2, -0.15) is 12.7 Å². The van der Waals surface area contributed by atoms with Crippen LogP contribution in [0, 0.1) is 6.92 Å². The normalized spacial score (nSPS) is 21.6. The van der Waals surface area contributed by atoms with Gasteiger partial charge in [0.05, 0.1) is 31.7 Å². The van der Waals surface area contributed by atoms with E-state index >= 15 is 0 Å². The third-order valence-corrected chi connectivity index (χ3v) is 9.81. The Hall–Kier alpha value is -4.16. The third-order valence-electron chi connectivity index (χ3n) is 8.40. The van der Waals surface area contributed by atoms with Crippen molar-refractivity contribution >= 4 is 27.3 Å². The fraction of sp³-hybridized carbons (Fsp3) is 0.387. The van der Waals surface area contributed by atoms with Gasteiger partial charge >= 0.3 is 16.3 Å². The van der Waals surface area contributed by atoms with Crippen molar-refractivity contribution in [2.45, 2.75) is 64.6 Å². The molecule has 43 heavy (non-hydrogen) atoms. The number of methoxy groups -OCH3 is 1. The highest BCUT2D eigenvalue weighted by Gasteiger charge is 2.37. The van der Waals surface area contributed by atoms with E-state index < -0.39 is 28.2 Å². The molecule has 4 aromatic rings. The van der Waals surface area contributed by atoms with Gasteiger partial charge in [0, 0.05) is 30.1 Å². The van der Waals surface area contributed by atoms with Gasteiger partial charge in [-0.15, -0.1) is 5.10 Å². The molecular formula is C31H34N4O7S. The minimum atomic E-state index is -4.14. The Morgan fingerprint density at radius 1 is 1.09 bits per heavy atom. The van der Waals surface area contributed by atoms with Gasteiger partial charge in [0.2, 0.25) is 0 Å². The van der Waals surface area contributed by atoms with Crippen LogP contribution in [0.4, 0.5) is 0 Å². The maximum atomic E-state index is 13.4. The average molecular weight is 607 g/mol. The van der Waals surface area contributed by atoms with Crippen molar-refractivity contribution in [2.24, 2.45) is 0 Å². The number of fused-ring (bicyclic) bond motifs is 6. The molecule has 3 aromatic carbocycles. The van der Waals surface area contributed by atoms with Gasteiger partial charge in [-0.25, -0.2) is 4.68 Å². The fourth-order valence-electron chi connectivity index (χ4n) is 6.08. The molecule has 11 nitrogen and oxygen atoms in total. The molecule has 0 saturated heterocycles. The van der Waals surface area contributed by atoms with Gasteiger partial charge in [0.15, 0.2) is 0 Å². The number of carboxylic acid groups (broad SMARTS) is 1. The smallest absolute Gasteiger partial charge is 0.386 e. The van der Waals surface area contributed by atoms with Crippen molar-refractivity contribution in [1.82, 2.24) is 19.3 Å². The van der Waals surface area contributed by atoms with Crippen LogP contribution in [0.25, 0.3) is 11.0 Å². The topological polar surface area (TPSA) is 133 Å². The number of nitrogens with zero attached hydrogens (tertiary/aromatic N) is 4. The number of benzene rings is 3. The van der Waals surface area contributed by atoms with Crippen LogP contribution in [0.2, 0.25) is 0 Å². The number of ether oxygens (including phenoxy) is 2. The summed E-state index contributed by atoms with van der Waals surface area (Å²) in [5.41, 5.74) is 5.31. The van der Waals surface area contributed by atoms with E-state index in [1.807, 2.05) is 41.9 Å². The molecule has 3 aliphatic heterocycles. The Bertz CT molecular complexity index is 1800. The van der Waals surface area contributed by atoms with E-state index in [2.05, 4.69) is 10.3 Å². The highest BCUT2D eigenvalue weighted by Crippen LogP contribution is 2.41. The number of aromatic nitrogens is 3. The van der Waals surface area contributed by atoms with Crippen LogP contribution in [0.5, 0.6) is 17.2 Å². The minimum absolute atomic E-state index is 0.0761. The van der Waals surface area contributed by atoms with Gasteiger partial charge in [0.1, 0.15) is 22.8 Å². The summed E-state index contributed by atoms with van der Waals surface area (Å²) in [6, 6.07) is 13.8. The molecule has 226 valence electrons. The van der Waals surface area contributed by atoms with Crippen molar-refractivity contribution in [3.8, 4) is 17.2 Å². The highest BCUT2D eigenvalue weighted by atomic mass is 32.2. The molecule has 0 saturated carbocycles. The molecule has 0 radical (unpaired) electrons. The average Bonchev–Trinajstić information content (AvgIpc) is 3.40. The minimum Gasteiger partial charge on any atom is -0.496 e. The molecule has 1 aromatic heterocycles. The lowest BCUT2D eigenvalue weighted by atomic mass is 9.84. The summed E-state index contributed by atoms with van der Waals surface area (Å²) < 4.78 is 47.1. The molecule has 7 rings (SSSR count). The zero-order valence-corrected chi connectivity index (χ0v) is 25.1. The first-order valence-electron chi connectivity index (χ1n) is 14.4. The molecule has 3 aliphatic rings. The zero-order valence-electron chi connectivity index (χ0n) is 24.3. The summed E-state index contributed by atoms with van der Waals surface area (Å²) >= 11 is 0. The van der Waals surface area contributed by atoms with Crippen molar-refractivity contribution < 1.29 is 32.0 Å². The molecule has 9 bridgehead atoms. The molecule has 0 amide bonds. The van der Waals surface area contributed by atoms with Gasteiger partial charge in [-0.3, -0.25) is 4.79 Å². The predicted octanol–water partition coefficient (Wildman–Crippen LogP) is 5.12. The molecular weight excluding hydrogens is 572 g/mol. The first kappa shape index (κ1) is 28.9. The first-order chi connectivity index (χ1) is 20.7. The third kappa shape index (κ3) is 5.52. The molecule has 0 fully saturated rings. The van der Waals surface area contributed by atoms with Crippen LogP contribution in [0.15, 0.2) is 48.5 Å². The van der Waals surface area contributed by atoms with Crippen molar-refractivity contribution in [2.75, 3.05) is 13.7 Å². The number of hydrogen-bond donors (Lipinski definition) is 1. The first-order valence-corrected chi connectivity index (χ1v) is 15.7. The largest absolute Gasteiger partial charge is 0.496 e. The van der Waals surface area contributed by atoms with E-state index in [0.717, 1.165) is 47.0 Å². The Morgan fingerprint density at radius 2 is 1.93 bits per heavy atom. The van der Waals surface area contributed by atoms with Crippen LogP contribution in [0.3, 0.4) is 0 Å². The molecule has 4 heterocycles. The number of rotatable bonds is 3. The second-order valence-electron chi connectivity index (χ2n) is 11.1. The van der Waals surface area contributed by atoms with E-state index in [-0.39, 0.29) is 18.7 Å². The van der Waals surface area contributed by atoms with E-state index in [1.165, 1.54) is 11.4 Å². The standard InChI is InChI=1S/C31H34N4O7S/c1-19-24-9-10-27-31(19)32-33-34(27)13-5-4-6-14-41-23-8-12-28-22(15-23)18-35(43(38,39)42-28)20(2)25-16-21(7-11-29(25)40-3)26(24)17-30(36)37/h7-12,15-16,20,26H,4-6,13-14,17-18H2,1-3H3,(H,36,37)/t20-,26+/m1/s1. The van der Waals surface area contributed by atoms with E-state index in [9.17, 15) is 18.3 Å². The highest BCUT2D eigenvalue weighted by molar-refractivity contribution is 7.84. The number of hydrogen-bond acceptors (Lipinski definition) is 8. The van der Waals surface area contributed by atoms with Crippen molar-refractivity contribution in [3.05, 3.63) is 76.3 Å². The second-order valence-corrected chi connectivity index (χ2v) is 12.5. The molecule has 1 N–H and O–H groups in total. The van der Waals surface area contributed by atoms with E-state index in [4.69, 9.17) is 13.7 Å². The summed E-state index contributed by atoms with van der Waals surface area (Å²) in [6.07, 6.45) is 2.49. The fourth-order valence-corrected chi connectivity index (χ4v) is 7.36. The summed E-state index contributed by atoms with van der Waals surface area (Å²) in [4.78, 5) is 12.1. The molecule has 0 spiro atoms. The van der Waals surface area contributed by atoms with E-state index in [1.54, 1.807) is 25.1 Å². The Balaban J connectivity index is 1.50. The Labute approximate surface area is 250 Å². The second kappa shape index (κ2) is 11.5. The molecule has 0 aliphatic carbocycles. The summed E-state index contributed by atoms with van der Waals surface area (Å²) in [5.74, 6) is -0.0745. The lowest BCUT2D eigenvalue weighted by Crippen LogP contribution is -2.39. The van der Waals surface area contributed by atoms with Crippen LogP contribution < -0.4 is 13.7 Å². The maximum Gasteiger partial charge on any atom is 0.386 e. The van der Waals surface area contributed by atoms with Crippen LogP contribution >= 0.6 is 0 Å². The van der Waals surface area contributed by atoms with Crippen LogP contribution in [0.1, 0.15) is 72.4 Å². The Kier molecular flexibility index (Phi) is 7.74. The van der Waals surface area contributed by atoms with Crippen molar-refractivity contribution in [3.63, 3.8) is 0 Å². The number of carboxylic acids is 1. The molecule has 1 unspecified atom stereocenters.